The number of rotatable bonds is 6. The lowest BCUT2D eigenvalue weighted by atomic mass is 10.3. The summed E-state index contributed by atoms with van der Waals surface area (Å²) in [5.41, 5.74) is 1.76. The third-order valence-electron chi connectivity index (χ3n) is 2.85. The van der Waals surface area contributed by atoms with Crippen molar-refractivity contribution in [2.75, 3.05) is 19.7 Å². The smallest absolute Gasteiger partial charge is 0.271 e. The Bertz CT molecular complexity index is 621. The van der Waals surface area contributed by atoms with Crippen LogP contribution in [-0.2, 0) is 6.54 Å². The van der Waals surface area contributed by atoms with Gasteiger partial charge in [0.1, 0.15) is 5.69 Å². The van der Waals surface area contributed by atoms with Gasteiger partial charge in [0.05, 0.1) is 17.6 Å². The van der Waals surface area contributed by atoms with E-state index in [9.17, 15) is 4.79 Å². The number of nitrogens with one attached hydrogen (secondary N) is 1. The van der Waals surface area contributed by atoms with E-state index in [1.807, 2.05) is 29.2 Å². The fourth-order valence-corrected chi connectivity index (χ4v) is 1.95. The molecule has 2 N–H and O–H groups in total. The molecule has 0 fully saturated rings. The number of aliphatic hydroxyl groups excluding tert-OH is 1. The molecule has 0 aliphatic carbocycles. The molecule has 19 heavy (non-hydrogen) atoms. The first-order valence-corrected chi connectivity index (χ1v) is 6.16. The molecule has 1 aromatic carbocycles. The Hall–Kier alpha value is -1.98. The Morgan fingerprint density at radius 3 is 2.95 bits per heavy atom. The SMILES string of the molecule is C=CCN(CCO)Cc1nc2ccccc2[nH]c1=O. The van der Waals surface area contributed by atoms with Crippen molar-refractivity contribution in [3.63, 3.8) is 0 Å². The van der Waals surface area contributed by atoms with Crippen molar-refractivity contribution < 1.29 is 5.11 Å². The number of benzene rings is 1. The molecule has 0 radical (unpaired) electrons. The molecule has 0 saturated carbocycles. The minimum absolute atomic E-state index is 0.0410. The highest BCUT2D eigenvalue weighted by Gasteiger charge is 2.09. The third kappa shape index (κ3) is 3.27. The second kappa shape index (κ2) is 6.26. The molecule has 0 atom stereocenters. The first kappa shape index (κ1) is 13.5. The third-order valence-corrected chi connectivity index (χ3v) is 2.85. The molecule has 0 spiro atoms. The number of nitrogens with zero attached hydrogens (tertiary/aromatic N) is 2. The fourth-order valence-electron chi connectivity index (χ4n) is 1.95. The van der Waals surface area contributed by atoms with Crippen LogP contribution in [0.4, 0.5) is 0 Å². The molecule has 1 heterocycles. The molecule has 1 aromatic heterocycles. The van der Waals surface area contributed by atoms with Gasteiger partial charge in [-0.2, -0.15) is 0 Å². The number of aliphatic hydroxyl groups is 1. The van der Waals surface area contributed by atoms with Gasteiger partial charge < -0.3 is 10.1 Å². The lowest BCUT2D eigenvalue weighted by molar-refractivity contribution is 0.201. The first-order valence-electron chi connectivity index (χ1n) is 6.16. The Morgan fingerprint density at radius 2 is 2.21 bits per heavy atom. The summed E-state index contributed by atoms with van der Waals surface area (Å²) < 4.78 is 0. The van der Waals surface area contributed by atoms with E-state index in [2.05, 4.69) is 16.5 Å². The van der Waals surface area contributed by atoms with Gasteiger partial charge in [0, 0.05) is 19.6 Å². The monoisotopic (exact) mass is 259 g/mol. The second-order valence-corrected chi connectivity index (χ2v) is 4.28. The molecule has 5 heteroatoms. The van der Waals surface area contributed by atoms with Gasteiger partial charge in [-0.05, 0) is 12.1 Å². The first-order chi connectivity index (χ1) is 9.24. The summed E-state index contributed by atoms with van der Waals surface area (Å²) in [5, 5.41) is 9.00. The van der Waals surface area contributed by atoms with Gasteiger partial charge in [0.15, 0.2) is 0 Å². The van der Waals surface area contributed by atoms with Gasteiger partial charge in [-0.3, -0.25) is 9.69 Å². The van der Waals surface area contributed by atoms with Gasteiger partial charge in [0.25, 0.3) is 5.56 Å². The second-order valence-electron chi connectivity index (χ2n) is 4.28. The number of aromatic nitrogens is 2. The summed E-state index contributed by atoms with van der Waals surface area (Å²) in [7, 11) is 0. The lowest BCUT2D eigenvalue weighted by Gasteiger charge is -2.18. The Labute approximate surface area is 111 Å². The summed E-state index contributed by atoms with van der Waals surface area (Å²) in [4.78, 5) is 21.1. The van der Waals surface area contributed by atoms with Crippen LogP contribution in [0.15, 0.2) is 41.7 Å². The summed E-state index contributed by atoms with van der Waals surface area (Å²) in [6.45, 7) is 5.20. The van der Waals surface area contributed by atoms with Crippen LogP contribution in [0, 0.1) is 0 Å². The van der Waals surface area contributed by atoms with Crippen LogP contribution in [0.25, 0.3) is 11.0 Å². The van der Waals surface area contributed by atoms with Gasteiger partial charge in [0.2, 0.25) is 0 Å². The summed E-state index contributed by atoms with van der Waals surface area (Å²) in [6.07, 6.45) is 1.74. The van der Waals surface area contributed by atoms with Gasteiger partial charge in [-0.15, -0.1) is 6.58 Å². The molecule has 0 bridgehead atoms. The van der Waals surface area contributed by atoms with E-state index >= 15 is 0 Å². The van der Waals surface area contributed by atoms with Crippen molar-refractivity contribution in [3.05, 3.63) is 53.0 Å². The minimum Gasteiger partial charge on any atom is -0.395 e. The Kier molecular flexibility index (Phi) is 4.43. The Balaban J connectivity index is 2.30. The van der Waals surface area contributed by atoms with Crippen LogP contribution in [0.5, 0.6) is 0 Å². The molecular weight excluding hydrogens is 242 g/mol. The van der Waals surface area contributed by atoms with E-state index in [1.165, 1.54) is 0 Å². The Morgan fingerprint density at radius 1 is 1.42 bits per heavy atom. The van der Waals surface area contributed by atoms with E-state index in [-0.39, 0.29) is 12.2 Å². The number of para-hydroxylation sites is 2. The predicted molar refractivity (Wildman–Crippen MR) is 74.9 cm³/mol. The average Bonchev–Trinajstić information content (AvgIpc) is 2.40. The number of fused-ring (bicyclic) bond motifs is 1. The largest absolute Gasteiger partial charge is 0.395 e. The minimum atomic E-state index is -0.189. The summed E-state index contributed by atoms with van der Waals surface area (Å²) in [6, 6.07) is 7.42. The molecular formula is C14H17N3O2. The zero-order valence-corrected chi connectivity index (χ0v) is 10.7. The quantitative estimate of drug-likeness (QED) is 0.756. The summed E-state index contributed by atoms with van der Waals surface area (Å²) >= 11 is 0. The van der Waals surface area contributed by atoms with Crippen molar-refractivity contribution in [1.29, 1.82) is 0 Å². The fraction of sp³-hybridized carbons (Fsp3) is 0.286. The van der Waals surface area contributed by atoms with Crippen molar-refractivity contribution in [2.24, 2.45) is 0 Å². The highest BCUT2D eigenvalue weighted by Crippen LogP contribution is 2.07. The highest BCUT2D eigenvalue weighted by molar-refractivity contribution is 5.73. The molecule has 5 nitrogen and oxygen atoms in total. The van der Waals surface area contributed by atoms with Crippen LogP contribution >= 0.6 is 0 Å². The molecule has 0 aliphatic rings. The van der Waals surface area contributed by atoms with E-state index in [4.69, 9.17) is 5.11 Å². The zero-order chi connectivity index (χ0) is 13.7. The standard InChI is InChI=1S/C14H17N3O2/c1-2-7-17(8-9-18)10-13-14(19)16-12-6-4-3-5-11(12)15-13/h2-6,18H,1,7-10H2,(H,16,19). The number of hydrogen-bond acceptors (Lipinski definition) is 4. The van der Waals surface area contributed by atoms with Crippen molar-refractivity contribution >= 4 is 11.0 Å². The summed E-state index contributed by atoms with van der Waals surface area (Å²) in [5.74, 6) is 0. The normalized spacial score (nSPS) is 11.1. The predicted octanol–water partition coefficient (Wildman–Crippen LogP) is 0.903. The van der Waals surface area contributed by atoms with E-state index in [0.29, 0.717) is 25.3 Å². The van der Waals surface area contributed by atoms with Crippen LogP contribution in [0.3, 0.4) is 0 Å². The molecule has 2 rings (SSSR count). The van der Waals surface area contributed by atoms with Crippen LogP contribution in [-0.4, -0.2) is 39.7 Å². The maximum Gasteiger partial charge on any atom is 0.271 e. The maximum absolute atomic E-state index is 11.9. The van der Waals surface area contributed by atoms with Crippen molar-refractivity contribution in [2.45, 2.75) is 6.54 Å². The van der Waals surface area contributed by atoms with Gasteiger partial charge in [-0.1, -0.05) is 18.2 Å². The molecule has 2 aromatic rings. The van der Waals surface area contributed by atoms with Crippen LogP contribution < -0.4 is 5.56 Å². The van der Waals surface area contributed by atoms with E-state index < -0.39 is 0 Å². The number of hydrogen-bond donors (Lipinski definition) is 2. The number of H-pyrrole nitrogens is 1. The molecule has 0 aliphatic heterocycles. The topological polar surface area (TPSA) is 69.2 Å². The molecule has 100 valence electrons. The van der Waals surface area contributed by atoms with Crippen LogP contribution in [0.2, 0.25) is 0 Å². The molecule has 0 amide bonds. The number of aromatic amines is 1. The zero-order valence-electron chi connectivity index (χ0n) is 10.7. The van der Waals surface area contributed by atoms with Crippen LogP contribution in [0.1, 0.15) is 5.69 Å². The maximum atomic E-state index is 11.9. The molecule has 0 unspecified atom stereocenters. The highest BCUT2D eigenvalue weighted by atomic mass is 16.3. The molecule has 0 saturated heterocycles. The van der Waals surface area contributed by atoms with Crippen molar-refractivity contribution in [1.82, 2.24) is 14.9 Å². The van der Waals surface area contributed by atoms with E-state index in [0.717, 1.165) is 11.0 Å². The average molecular weight is 259 g/mol. The lowest BCUT2D eigenvalue weighted by Crippen LogP contribution is -2.30. The van der Waals surface area contributed by atoms with Crippen molar-refractivity contribution in [3.8, 4) is 0 Å². The van der Waals surface area contributed by atoms with E-state index in [1.54, 1.807) is 6.08 Å². The van der Waals surface area contributed by atoms with Gasteiger partial charge >= 0.3 is 0 Å². The van der Waals surface area contributed by atoms with Gasteiger partial charge in [-0.25, -0.2) is 4.98 Å².